The van der Waals surface area contributed by atoms with Crippen molar-refractivity contribution in [2.24, 2.45) is 10.9 Å². The Kier molecular flexibility index (Phi) is 8.71. The number of nitrogens with zero attached hydrogens (tertiary/aromatic N) is 1. The normalized spacial score (nSPS) is 12.8. The van der Waals surface area contributed by atoms with Gasteiger partial charge < -0.3 is 10.6 Å². The first-order valence-corrected chi connectivity index (χ1v) is 6.24. The summed E-state index contributed by atoms with van der Waals surface area (Å²) in [7, 11) is 1.74. The first-order valence-electron chi connectivity index (χ1n) is 6.24. The van der Waals surface area contributed by atoms with E-state index in [1.807, 2.05) is 0 Å². The summed E-state index contributed by atoms with van der Waals surface area (Å²) in [6, 6.07) is 6.81. The highest BCUT2D eigenvalue weighted by Gasteiger charge is 2.08. The molecule has 1 rings (SSSR count). The lowest BCUT2D eigenvalue weighted by Gasteiger charge is -2.20. The number of guanidine groups is 1. The Bertz CT molecular complexity index is 390. The molecular weight excluding hydrogens is 356 g/mol. The smallest absolute Gasteiger partial charge is 0.191 e. The van der Waals surface area contributed by atoms with Crippen LogP contribution >= 0.6 is 24.0 Å². The zero-order chi connectivity index (χ0) is 13.5. The molecule has 5 heteroatoms. The van der Waals surface area contributed by atoms with Crippen molar-refractivity contribution in [2.75, 3.05) is 7.05 Å². The monoisotopic (exact) mass is 379 g/mol. The lowest BCUT2D eigenvalue weighted by Crippen LogP contribution is -2.43. The van der Waals surface area contributed by atoms with Crippen molar-refractivity contribution >= 4 is 29.9 Å². The van der Waals surface area contributed by atoms with Gasteiger partial charge in [-0.1, -0.05) is 26.0 Å². The third-order valence-electron chi connectivity index (χ3n) is 2.96. The van der Waals surface area contributed by atoms with Gasteiger partial charge in [0.2, 0.25) is 0 Å². The van der Waals surface area contributed by atoms with E-state index in [2.05, 4.69) is 36.4 Å². The second-order valence-corrected chi connectivity index (χ2v) is 4.73. The van der Waals surface area contributed by atoms with E-state index in [-0.39, 0.29) is 29.8 Å². The maximum absolute atomic E-state index is 12.8. The standard InChI is InChI=1S/C14H22FN3.HI/c1-10(2)11(3)18-14(16-4)17-9-12-5-7-13(15)8-6-12;/h5-8,10-11H,9H2,1-4H3,(H2,16,17,18);1H. The first-order chi connectivity index (χ1) is 8.52. The Labute approximate surface area is 132 Å². The fourth-order valence-electron chi connectivity index (χ4n) is 1.36. The Balaban J connectivity index is 0.00000324. The molecule has 0 aliphatic carbocycles. The van der Waals surface area contributed by atoms with Crippen LogP contribution in [0.15, 0.2) is 29.3 Å². The number of rotatable bonds is 4. The van der Waals surface area contributed by atoms with E-state index >= 15 is 0 Å². The zero-order valence-corrected chi connectivity index (χ0v) is 14.2. The summed E-state index contributed by atoms with van der Waals surface area (Å²) >= 11 is 0. The predicted molar refractivity (Wildman–Crippen MR) is 89.4 cm³/mol. The third-order valence-corrected chi connectivity index (χ3v) is 2.96. The highest BCUT2D eigenvalue weighted by atomic mass is 127. The van der Waals surface area contributed by atoms with Crippen LogP contribution < -0.4 is 10.6 Å². The van der Waals surface area contributed by atoms with Crippen molar-refractivity contribution in [3.63, 3.8) is 0 Å². The summed E-state index contributed by atoms with van der Waals surface area (Å²) in [4.78, 5) is 4.16. The van der Waals surface area contributed by atoms with E-state index in [0.717, 1.165) is 11.5 Å². The Morgan fingerprint density at radius 2 is 1.79 bits per heavy atom. The van der Waals surface area contributed by atoms with E-state index < -0.39 is 0 Å². The van der Waals surface area contributed by atoms with Gasteiger partial charge in [-0.25, -0.2) is 4.39 Å². The quantitative estimate of drug-likeness (QED) is 0.479. The van der Waals surface area contributed by atoms with Crippen LogP contribution in [0.5, 0.6) is 0 Å². The fraction of sp³-hybridized carbons (Fsp3) is 0.500. The van der Waals surface area contributed by atoms with Crippen molar-refractivity contribution in [1.82, 2.24) is 10.6 Å². The van der Waals surface area contributed by atoms with Crippen LogP contribution in [0.1, 0.15) is 26.3 Å². The molecular formula is C14H23FIN3. The van der Waals surface area contributed by atoms with E-state index in [1.165, 1.54) is 12.1 Å². The van der Waals surface area contributed by atoms with E-state index in [1.54, 1.807) is 19.2 Å². The van der Waals surface area contributed by atoms with Gasteiger partial charge >= 0.3 is 0 Å². The molecule has 2 N–H and O–H groups in total. The lowest BCUT2D eigenvalue weighted by molar-refractivity contribution is 0.481. The highest BCUT2D eigenvalue weighted by molar-refractivity contribution is 14.0. The van der Waals surface area contributed by atoms with Crippen LogP contribution in [0, 0.1) is 11.7 Å². The first kappa shape index (κ1) is 18.1. The summed E-state index contributed by atoms with van der Waals surface area (Å²) in [6.07, 6.45) is 0. The minimum absolute atomic E-state index is 0. The zero-order valence-electron chi connectivity index (χ0n) is 11.9. The number of nitrogens with one attached hydrogen (secondary N) is 2. The maximum Gasteiger partial charge on any atom is 0.191 e. The fourth-order valence-corrected chi connectivity index (χ4v) is 1.36. The van der Waals surface area contributed by atoms with Gasteiger partial charge in [-0.05, 0) is 30.5 Å². The number of benzene rings is 1. The SMILES string of the molecule is CN=C(NCc1ccc(F)cc1)NC(C)C(C)C.I. The summed E-state index contributed by atoms with van der Waals surface area (Å²) in [6.45, 7) is 7.07. The molecule has 0 radical (unpaired) electrons. The molecule has 1 unspecified atom stereocenters. The minimum Gasteiger partial charge on any atom is -0.354 e. The average molecular weight is 379 g/mol. The van der Waals surface area contributed by atoms with Crippen LogP contribution in [0.4, 0.5) is 4.39 Å². The summed E-state index contributed by atoms with van der Waals surface area (Å²) in [5.74, 6) is 1.09. The Hall–Kier alpha value is -0.850. The van der Waals surface area contributed by atoms with Crippen molar-refractivity contribution in [1.29, 1.82) is 0 Å². The largest absolute Gasteiger partial charge is 0.354 e. The summed E-state index contributed by atoms with van der Waals surface area (Å²) in [5.41, 5.74) is 1.02. The van der Waals surface area contributed by atoms with Gasteiger partial charge in [0.1, 0.15) is 5.82 Å². The lowest BCUT2D eigenvalue weighted by atomic mass is 10.1. The molecule has 0 saturated heterocycles. The molecule has 1 atom stereocenters. The number of aliphatic imine (C=N–C) groups is 1. The van der Waals surface area contributed by atoms with Gasteiger partial charge in [0.05, 0.1) is 0 Å². The number of hydrogen-bond acceptors (Lipinski definition) is 1. The molecule has 0 bridgehead atoms. The van der Waals surface area contributed by atoms with Crippen molar-refractivity contribution in [2.45, 2.75) is 33.4 Å². The summed E-state index contributed by atoms with van der Waals surface area (Å²) < 4.78 is 12.8. The highest BCUT2D eigenvalue weighted by Crippen LogP contribution is 2.02. The van der Waals surface area contributed by atoms with Gasteiger partial charge in [0, 0.05) is 19.6 Å². The van der Waals surface area contributed by atoms with Crippen molar-refractivity contribution in [3.05, 3.63) is 35.6 Å². The molecule has 19 heavy (non-hydrogen) atoms. The van der Waals surface area contributed by atoms with Crippen LogP contribution in [-0.4, -0.2) is 19.0 Å². The Morgan fingerprint density at radius 3 is 2.26 bits per heavy atom. The molecule has 3 nitrogen and oxygen atoms in total. The topological polar surface area (TPSA) is 36.4 Å². The van der Waals surface area contributed by atoms with E-state index in [4.69, 9.17) is 0 Å². The average Bonchev–Trinajstić information content (AvgIpc) is 2.35. The van der Waals surface area contributed by atoms with Gasteiger partial charge in [0.25, 0.3) is 0 Å². The maximum atomic E-state index is 12.8. The molecule has 108 valence electrons. The number of hydrogen-bond donors (Lipinski definition) is 2. The van der Waals surface area contributed by atoms with Crippen LogP contribution in [0.25, 0.3) is 0 Å². The third kappa shape index (κ3) is 6.75. The van der Waals surface area contributed by atoms with Crippen LogP contribution in [0.3, 0.4) is 0 Å². The summed E-state index contributed by atoms with van der Waals surface area (Å²) in [5, 5.41) is 6.52. The van der Waals surface area contributed by atoms with Gasteiger partial charge in [-0.3, -0.25) is 4.99 Å². The minimum atomic E-state index is -0.213. The molecule has 0 fully saturated rings. The molecule has 0 aromatic heterocycles. The molecule has 0 saturated carbocycles. The predicted octanol–water partition coefficient (Wildman–Crippen LogP) is 3.15. The molecule has 0 amide bonds. The van der Waals surface area contributed by atoms with Crippen LogP contribution in [0.2, 0.25) is 0 Å². The van der Waals surface area contributed by atoms with E-state index in [9.17, 15) is 4.39 Å². The van der Waals surface area contributed by atoms with Crippen molar-refractivity contribution in [3.8, 4) is 0 Å². The van der Waals surface area contributed by atoms with Crippen LogP contribution in [-0.2, 0) is 6.54 Å². The van der Waals surface area contributed by atoms with Gasteiger partial charge in [-0.2, -0.15) is 0 Å². The van der Waals surface area contributed by atoms with Gasteiger partial charge in [-0.15, -0.1) is 24.0 Å². The number of halogens is 2. The Morgan fingerprint density at radius 1 is 1.21 bits per heavy atom. The molecule has 1 aromatic rings. The van der Waals surface area contributed by atoms with E-state index in [0.29, 0.717) is 18.5 Å². The molecule has 1 aromatic carbocycles. The second-order valence-electron chi connectivity index (χ2n) is 4.73. The second kappa shape index (κ2) is 9.12. The molecule has 0 aliphatic rings. The van der Waals surface area contributed by atoms with Gasteiger partial charge in [0.15, 0.2) is 5.96 Å². The molecule has 0 aliphatic heterocycles. The van der Waals surface area contributed by atoms with Crippen molar-refractivity contribution < 1.29 is 4.39 Å². The molecule has 0 heterocycles. The molecule has 0 spiro atoms.